The fourth-order valence-electron chi connectivity index (χ4n) is 8.67. The Hall–Kier alpha value is -5.50. The van der Waals surface area contributed by atoms with Crippen molar-refractivity contribution in [2.75, 3.05) is 39.4 Å². The van der Waals surface area contributed by atoms with Crippen LogP contribution in [0.3, 0.4) is 0 Å². The van der Waals surface area contributed by atoms with Crippen LogP contribution in [-0.2, 0) is 52.7 Å². The number of amides is 10. The fraction of sp³-hybridized carbons (Fsp3) is 0.737. The molecule has 12 atom stereocenters. The van der Waals surface area contributed by atoms with Gasteiger partial charge in [-0.25, -0.2) is 0 Å². The smallest absolute Gasteiger partial charge is 0.253 e. The molecule has 5 saturated heterocycles. The highest BCUT2D eigenvalue weighted by Gasteiger charge is 2.53. The van der Waals surface area contributed by atoms with Crippen LogP contribution < -0.4 is 32.7 Å². The Balaban J connectivity index is 1.16. The fourth-order valence-corrected chi connectivity index (χ4v) is 8.67. The molecule has 0 saturated carbocycles. The Morgan fingerprint density at radius 1 is 0.524 bits per heavy atom. The second-order valence-corrected chi connectivity index (χ2v) is 16.5. The zero-order valence-corrected chi connectivity index (χ0v) is 35.1. The number of nitrogens with two attached hydrogens (primary N) is 2. The van der Waals surface area contributed by atoms with E-state index in [0.29, 0.717) is 25.7 Å². The standard InChI is InChI=1S/C38H58N10O15/c1-17(51)25(30(40)54)43-32(56)22-8-4-12-46(22)38(62)26(18(2)52)44-34(58)28-27(63-28)33(57)42-20(16-50)35(59)47-13-5-9-23(47)37(61)48-14-6-10-24(48)36(60)45-11-3-7-21(45)31(55)41-19(15-49)29(39)53/h17-28,49-52H,3-16H2,1-2H3,(H2,39,53)(H2,40,54)(H,41,55)(H,42,57)(H,43,56)(H,44,58)/t17-,18-,19+,20+,21+,22+,23+,24+,25+,26+,27+,28+/m1/s1. The minimum atomic E-state index is -1.60. The number of primary amides is 2. The van der Waals surface area contributed by atoms with Crippen LogP contribution in [0.25, 0.3) is 0 Å². The number of hydrogen-bond acceptors (Lipinski definition) is 15. The van der Waals surface area contributed by atoms with Gasteiger partial charge in [-0.3, -0.25) is 47.9 Å². The number of nitrogens with zero attached hydrogens (tertiary/aromatic N) is 4. The molecule has 12 N–H and O–H groups in total. The molecule has 5 heterocycles. The summed E-state index contributed by atoms with van der Waals surface area (Å²) in [6, 6.07) is -10.0. The predicted octanol–water partition coefficient (Wildman–Crippen LogP) is -7.63. The third kappa shape index (κ3) is 10.8. The van der Waals surface area contributed by atoms with E-state index in [1.165, 1.54) is 28.5 Å². The number of rotatable bonds is 18. The maximum absolute atomic E-state index is 14.0. The van der Waals surface area contributed by atoms with Crippen LogP contribution in [0, 0.1) is 0 Å². The molecule has 0 bridgehead atoms. The molecule has 25 heteroatoms. The number of aliphatic hydroxyl groups is 4. The van der Waals surface area contributed by atoms with Crippen LogP contribution in [0.1, 0.15) is 65.2 Å². The lowest BCUT2D eigenvalue weighted by Gasteiger charge is -2.34. The summed E-state index contributed by atoms with van der Waals surface area (Å²) < 4.78 is 5.26. The minimum Gasteiger partial charge on any atom is -0.394 e. The van der Waals surface area contributed by atoms with Gasteiger partial charge in [0.15, 0.2) is 12.2 Å². The van der Waals surface area contributed by atoms with E-state index in [4.69, 9.17) is 16.2 Å². The van der Waals surface area contributed by atoms with Crippen LogP contribution in [0.15, 0.2) is 0 Å². The second-order valence-electron chi connectivity index (χ2n) is 16.5. The molecule has 10 amide bonds. The molecule has 0 aliphatic carbocycles. The van der Waals surface area contributed by atoms with E-state index in [0.717, 1.165) is 4.90 Å². The number of likely N-dealkylation sites (tertiary alicyclic amines) is 4. The van der Waals surface area contributed by atoms with Gasteiger partial charge in [0.2, 0.25) is 47.3 Å². The number of ether oxygens (including phenoxy) is 1. The van der Waals surface area contributed by atoms with Crippen molar-refractivity contribution in [1.29, 1.82) is 0 Å². The largest absolute Gasteiger partial charge is 0.394 e. The lowest BCUT2D eigenvalue weighted by atomic mass is 10.1. The highest BCUT2D eigenvalue weighted by Crippen LogP contribution is 2.30. The molecule has 0 radical (unpaired) electrons. The van der Waals surface area contributed by atoms with Gasteiger partial charge in [0.05, 0.1) is 25.4 Å². The van der Waals surface area contributed by atoms with Gasteiger partial charge in [-0.15, -0.1) is 0 Å². The summed E-state index contributed by atoms with van der Waals surface area (Å²) in [5, 5.41) is 49.3. The van der Waals surface area contributed by atoms with Gasteiger partial charge in [-0.1, -0.05) is 0 Å². The van der Waals surface area contributed by atoms with Gasteiger partial charge < -0.3 is 77.5 Å². The lowest BCUT2D eigenvalue weighted by molar-refractivity contribution is -0.151. The number of aliphatic hydroxyl groups excluding tert-OH is 4. The van der Waals surface area contributed by atoms with Crippen LogP contribution in [0.4, 0.5) is 0 Å². The molecule has 0 spiro atoms. The molecule has 5 aliphatic rings. The second kappa shape index (κ2) is 20.8. The predicted molar refractivity (Wildman–Crippen MR) is 211 cm³/mol. The van der Waals surface area contributed by atoms with Crippen molar-refractivity contribution in [2.45, 2.75) is 138 Å². The Kier molecular flexibility index (Phi) is 16.0. The Bertz CT molecular complexity index is 1820. The molecule has 25 nitrogen and oxygen atoms in total. The molecule has 0 unspecified atom stereocenters. The summed E-state index contributed by atoms with van der Waals surface area (Å²) in [5.74, 6) is -8.04. The van der Waals surface area contributed by atoms with Gasteiger partial charge in [0.25, 0.3) is 11.8 Å². The Labute approximate surface area is 361 Å². The molecule has 5 fully saturated rings. The first-order valence-corrected chi connectivity index (χ1v) is 21.1. The molecule has 0 aromatic carbocycles. The van der Waals surface area contributed by atoms with Crippen molar-refractivity contribution in [3.05, 3.63) is 0 Å². The first-order chi connectivity index (χ1) is 29.8. The van der Waals surface area contributed by atoms with Crippen LogP contribution >= 0.6 is 0 Å². The molecule has 5 aliphatic heterocycles. The van der Waals surface area contributed by atoms with Crippen LogP contribution in [0.5, 0.6) is 0 Å². The topological polar surface area (TPSA) is 377 Å². The van der Waals surface area contributed by atoms with E-state index in [-0.39, 0.29) is 51.9 Å². The van der Waals surface area contributed by atoms with Crippen molar-refractivity contribution in [2.24, 2.45) is 11.5 Å². The van der Waals surface area contributed by atoms with E-state index >= 15 is 0 Å². The van der Waals surface area contributed by atoms with Gasteiger partial charge in [0.1, 0.15) is 48.3 Å². The average Bonchev–Trinajstić information content (AvgIpc) is 3.79. The molecule has 63 heavy (non-hydrogen) atoms. The van der Waals surface area contributed by atoms with Crippen molar-refractivity contribution in [3.8, 4) is 0 Å². The van der Waals surface area contributed by atoms with E-state index in [1.54, 1.807) is 0 Å². The average molecular weight is 895 g/mol. The quantitative estimate of drug-likeness (QED) is 0.0572. The number of epoxide rings is 1. The third-order valence-corrected chi connectivity index (χ3v) is 12.1. The van der Waals surface area contributed by atoms with Crippen LogP contribution in [0.2, 0.25) is 0 Å². The highest BCUT2D eigenvalue weighted by atomic mass is 16.6. The molecule has 350 valence electrons. The molecule has 0 aromatic heterocycles. The summed E-state index contributed by atoms with van der Waals surface area (Å²) >= 11 is 0. The lowest BCUT2D eigenvalue weighted by Crippen LogP contribution is -2.60. The monoisotopic (exact) mass is 894 g/mol. The summed E-state index contributed by atoms with van der Waals surface area (Å²) in [7, 11) is 0. The summed E-state index contributed by atoms with van der Waals surface area (Å²) in [6.07, 6.45) is -3.14. The summed E-state index contributed by atoms with van der Waals surface area (Å²) in [4.78, 5) is 136. The Morgan fingerprint density at radius 3 is 1.38 bits per heavy atom. The van der Waals surface area contributed by atoms with Gasteiger partial charge in [-0.05, 0) is 65.2 Å². The molecule has 0 aromatic rings. The van der Waals surface area contributed by atoms with E-state index < -0.39 is 145 Å². The van der Waals surface area contributed by atoms with Gasteiger partial charge in [-0.2, -0.15) is 0 Å². The first-order valence-electron chi connectivity index (χ1n) is 21.1. The zero-order valence-electron chi connectivity index (χ0n) is 35.1. The van der Waals surface area contributed by atoms with Crippen molar-refractivity contribution >= 4 is 59.1 Å². The first kappa shape index (κ1) is 48.5. The molecule has 5 rings (SSSR count). The number of nitrogens with one attached hydrogen (secondary N) is 4. The van der Waals surface area contributed by atoms with Gasteiger partial charge >= 0.3 is 0 Å². The van der Waals surface area contributed by atoms with Gasteiger partial charge in [0, 0.05) is 26.2 Å². The van der Waals surface area contributed by atoms with E-state index in [1.807, 2.05) is 0 Å². The maximum atomic E-state index is 14.0. The van der Waals surface area contributed by atoms with Crippen molar-refractivity contribution in [1.82, 2.24) is 40.9 Å². The summed E-state index contributed by atoms with van der Waals surface area (Å²) in [6.45, 7) is 1.36. The zero-order chi connectivity index (χ0) is 46.4. The van der Waals surface area contributed by atoms with E-state index in [9.17, 15) is 68.4 Å². The van der Waals surface area contributed by atoms with E-state index in [2.05, 4.69) is 21.3 Å². The summed E-state index contributed by atoms with van der Waals surface area (Å²) in [5.41, 5.74) is 10.5. The van der Waals surface area contributed by atoms with Crippen molar-refractivity contribution in [3.63, 3.8) is 0 Å². The Morgan fingerprint density at radius 2 is 0.905 bits per heavy atom. The number of carbonyl (C=O) groups excluding carboxylic acids is 10. The SMILES string of the molecule is C[C@@H](O)[C@H](NC(=O)[C@@H]1CCCN1C(=O)[C@@H](NC(=O)[C@H]1O[C@@H]1C(=O)N[C@@H](CO)C(=O)N1CCC[C@H]1C(=O)N1CCC[C@H]1C(=O)N1CCC[C@H]1C(=O)N[C@@H](CO)C(N)=O)[C@@H](C)O)C(N)=O. The van der Waals surface area contributed by atoms with Crippen LogP contribution in [-0.4, -0.2) is 211 Å². The van der Waals surface area contributed by atoms with Crippen molar-refractivity contribution < 1.29 is 73.1 Å². The number of hydrogen-bond donors (Lipinski definition) is 10. The molecular weight excluding hydrogens is 836 g/mol. The number of carbonyl (C=O) groups is 10. The highest BCUT2D eigenvalue weighted by molar-refractivity contribution is 6.01. The normalized spacial score (nSPS) is 27.1. The minimum absolute atomic E-state index is 0.0562. The maximum Gasteiger partial charge on any atom is 0.253 e. The molecular formula is C38H58N10O15. The third-order valence-electron chi connectivity index (χ3n) is 12.1.